The third-order valence-corrected chi connectivity index (χ3v) is 5.30. The fraction of sp³-hybridized carbons (Fsp3) is 0.296. The molecule has 0 saturated carbocycles. The SMILES string of the molecule is CC(=O)N(Cc1ccc(C[NH2+]Cc2cc(C)cc(C)c2)cc1)c1cc(C)cc(C)c1. The van der Waals surface area contributed by atoms with E-state index in [4.69, 9.17) is 0 Å². The van der Waals surface area contributed by atoms with Gasteiger partial charge in [0.2, 0.25) is 5.91 Å². The molecule has 30 heavy (non-hydrogen) atoms. The molecule has 0 aromatic heterocycles. The quantitative estimate of drug-likeness (QED) is 0.610. The van der Waals surface area contributed by atoms with Gasteiger partial charge in [-0.3, -0.25) is 4.79 Å². The third kappa shape index (κ3) is 6.04. The molecule has 2 N–H and O–H groups in total. The number of nitrogens with two attached hydrogens (primary N) is 1. The molecular weight excluding hydrogens is 368 g/mol. The number of hydrogen-bond acceptors (Lipinski definition) is 1. The van der Waals surface area contributed by atoms with Crippen molar-refractivity contribution in [1.29, 1.82) is 0 Å². The number of nitrogens with zero attached hydrogens (tertiary/aromatic N) is 1. The van der Waals surface area contributed by atoms with Crippen LogP contribution in [0.3, 0.4) is 0 Å². The Labute approximate surface area is 180 Å². The molecule has 0 heterocycles. The van der Waals surface area contributed by atoms with Crippen molar-refractivity contribution >= 4 is 11.6 Å². The maximum absolute atomic E-state index is 12.3. The Balaban J connectivity index is 1.62. The van der Waals surface area contributed by atoms with Gasteiger partial charge in [0.05, 0.1) is 6.54 Å². The van der Waals surface area contributed by atoms with Crippen molar-refractivity contribution in [1.82, 2.24) is 0 Å². The fourth-order valence-corrected chi connectivity index (χ4v) is 4.05. The minimum Gasteiger partial charge on any atom is -0.339 e. The summed E-state index contributed by atoms with van der Waals surface area (Å²) >= 11 is 0. The second-order valence-electron chi connectivity index (χ2n) is 8.46. The van der Waals surface area contributed by atoms with Crippen molar-refractivity contribution in [2.24, 2.45) is 0 Å². The summed E-state index contributed by atoms with van der Waals surface area (Å²) in [5, 5.41) is 2.33. The minimum atomic E-state index is 0.0610. The highest BCUT2D eigenvalue weighted by Gasteiger charge is 2.13. The molecule has 0 atom stereocenters. The Kier molecular flexibility index (Phi) is 7.07. The summed E-state index contributed by atoms with van der Waals surface area (Å²) in [5.74, 6) is 0.0610. The molecule has 0 radical (unpaired) electrons. The van der Waals surface area contributed by atoms with Gasteiger partial charge in [-0.15, -0.1) is 0 Å². The predicted octanol–water partition coefficient (Wildman–Crippen LogP) is 4.74. The molecule has 156 valence electrons. The van der Waals surface area contributed by atoms with E-state index in [9.17, 15) is 4.79 Å². The highest BCUT2D eigenvalue weighted by atomic mass is 16.2. The highest BCUT2D eigenvalue weighted by molar-refractivity contribution is 5.91. The van der Waals surface area contributed by atoms with E-state index in [0.29, 0.717) is 6.54 Å². The van der Waals surface area contributed by atoms with Crippen LogP contribution in [0.25, 0.3) is 0 Å². The lowest BCUT2D eigenvalue weighted by Crippen LogP contribution is -2.80. The molecular formula is C27H33N2O+. The van der Waals surface area contributed by atoms with E-state index in [-0.39, 0.29) is 5.91 Å². The molecule has 3 aromatic carbocycles. The number of benzene rings is 3. The lowest BCUT2D eigenvalue weighted by molar-refractivity contribution is -0.686. The Hall–Kier alpha value is -2.91. The van der Waals surface area contributed by atoms with Crippen LogP contribution in [0.1, 0.15) is 45.9 Å². The van der Waals surface area contributed by atoms with Crippen molar-refractivity contribution in [3.8, 4) is 0 Å². The third-order valence-electron chi connectivity index (χ3n) is 5.30. The number of quaternary nitrogens is 1. The molecule has 3 nitrogen and oxygen atoms in total. The van der Waals surface area contributed by atoms with Crippen molar-refractivity contribution in [3.63, 3.8) is 0 Å². The van der Waals surface area contributed by atoms with Gasteiger partial charge in [0, 0.05) is 23.7 Å². The summed E-state index contributed by atoms with van der Waals surface area (Å²) in [6.45, 7) is 12.6. The van der Waals surface area contributed by atoms with Gasteiger partial charge in [0.1, 0.15) is 13.1 Å². The summed E-state index contributed by atoms with van der Waals surface area (Å²) in [6.07, 6.45) is 0. The second kappa shape index (κ2) is 9.73. The van der Waals surface area contributed by atoms with Crippen LogP contribution in [0, 0.1) is 27.7 Å². The van der Waals surface area contributed by atoms with Gasteiger partial charge in [-0.05, 0) is 56.5 Å². The van der Waals surface area contributed by atoms with E-state index in [0.717, 1.165) is 24.3 Å². The van der Waals surface area contributed by atoms with Crippen LogP contribution in [-0.4, -0.2) is 5.91 Å². The number of carbonyl (C=O) groups excluding carboxylic acids is 1. The van der Waals surface area contributed by atoms with E-state index in [1.807, 2.05) is 4.90 Å². The van der Waals surface area contributed by atoms with Crippen molar-refractivity contribution in [2.45, 2.75) is 54.3 Å². The molecule has 0 aliphatic rings. The van der Waals surface area contributed by atoms with E-state index >= 15 is 0 Å². The summed E-state index contributed by atoms with van der Waals surface area (Å²) in [7, 11) is 0. The monoisotopic (exact) mass is 401 g/mol. The standard InChI is InChI=1S/C27H32N2O/c1-19-10-20(2)13-26(12-19)17-28-16-24-6-8-25(9-7-24)18-29(23(5)30)27-14-21(3)11-22(4)15-27/h6-15,28H,16-18H2,1-5H3/p+1. The van der Waals surface area contributed by atoms with Crippen LogP contribution < -0.4 is 10.2 Å². The van der Waals surface area contributed by atoms with Crippen LogP contribution in [0.4, 0.5) is 5.69 Å². The molecule has 0 fully saturated rings. The summed E-state index contributed by atoms with van der Waals surface area (Å²) < 4.78 is 0. The zero-order valence-corrected chi connectivity index (χ0v) is 18.8. The van der Waals surface area contributed by atoms with E-state index in [1.54, 1.807) is 6.92 Å². The van der Waals surface area contributed by atoms with E-state index in [1.165, 1.54) is 33.4 Å². The van der Waals surface area contributed by atoms with Crippen LogP contribution >= 0.6 is 0 Å². The first-order valence-electron chi connectivity index (χ1n) is 10.6. The summed E-state index contributed by atoms with van der Waals surface area (Å²) in [4.78, 5) is 14.1. The molecule has 0 aliphatic carbocycles. The average Bonchev–Trinajstić information content (AvgIpc) is 2.65. The van der Waals surface area contributed by atoms with Crippen molar-refractivity contribution in [3.05, 3.63) is 99.6 Å². The fourth-order valence-electron chi connectivity index (χ4n) is 4.05. The molecule has 3 aromatic rings. The predicted molar refractivity (Wildman–Crippen MR) is 124 cm³/mol. The van der Waals surface area contributed by atoms with Gasteiger partial charge in [-0.1, -0.05) is 59.7 Å². The number of anilines is 1. The number of rotatable bonds is 7. The Morgan fingerprint density at radius 3 is 1.70 bits per heavy atom. The van der Waals surface area contributed by atoms with Gasteiger partial charge in [0.25, 0.3) is 0 Å². The number of hydrogen-bond donors (Lipinski definition) is 1. The van der Waals surface area contributed by atoms with Gasteiger partial charge in [-0.2, -0.15) is 0 Å². The lowest BCUT2D eigenvalue weighted by atomic mass is 10.1. The van der Waals surface area contributed by atoms with E-state index < -0.39 is 0 Å². The molecule has 3 rings (SSSR count). The number of amides is 1. The molecule has 1 amide bonds. The van der Waals surface area contributed by atoms with Crippen LogP contribution in [0.15, 0.2) is 60.7 Å². The number of aryl methyl sites for hydroxylation is 4. The van der Waals surface area contributed by atoms with E-state index in [2.05, 4.69) is 93.7 Å². The lowest BCUT2D eigenvalue weighted by Gasteiger charge is -2.22. The first kappa shape index (κ1) is 21.8. The zero-order valence-electron chi connectivity index (χ0n) is 18.8. The topological polar surface area (TPSA) is 36.9 Å². The summed E-state index contributed by atoms with van der Waals surface area (Å²) in [6, 6.07) is 21.6. The average molecular weight is 402 g/mol. The molecule has 0 aliphatic heterocycles. The first-order chi connectivity index (χ1) is 14.3. The minimum absolute atomic E-state index is 0.0610. The largest absolute Gasteiger partial charge is 0.339 e. The Bertz CT molecular complexity index is 981. The summed E-state index contributed by atoms with van der Waals surface area (Å²) in [5.41, 5.74) is 9.76. The Morgan fingerprint density at radius 2 is 1.17 bits per heavy atom. The maximum atomic E-state index is 12.3. The maximum Gasteiger partial charge on any atom is 0.224 e. The molecule has 0 saturated heterocycles. The van der Waals surface area contributed by atoms with Crippen LogP contribution in [0.2, 0.25) is 0 Å². The first-order valence-corrected chi connectivity index (χ1v) is 10.6. The normalized spacial score (nSPS) is 10.8. The van der Waals surface area contributed by atoms with Gasteiger partial charge >= 0.3 is 0 Å². The highest BCUT2D eigenvalue weighted by Crippen LogP contribution is 2.21. The molecule has 3 heteroatoms. The number of carbonyl (C=O) groups is 1. The van der Waals surface area contributed by atoms with Gasteiger partial charge in [0.15, 0.2) is 0 Å². The Morgan fingerprint density at radius 1 is 0.700 bits per heavy atom. The molecule has 0 unspecified atom stereocenters. The zero-order chi connectivity index (χ0) is 21.7. The van der Waals surface area contributed by atoms with Crippen molar-refractivity contribution < 1.29 is 10.1 Å². The van der Waals surface area contributed by atoms with Crippen molar-refractivity contribution in [2.75, 3.05) is 4.90 Å². The van der Waals surface area contributed by atoms with Crippen LogP contribution in [0.5, 0.6) is 0 Å². The van der Waals surface area contributed by atoms with Gasteiger partial charge in [-0.25, -0.2) is 0 Å². The van der Waals surface area contributed by atoms with Gasteiger partial charge < -0.3 is 10.2 Å². The van der Waals surface area contributed by atoms with Crippen LogP contribution in [-0.2, 0) is 24.4 Å². The second-order valence-corrected chi connectivity index (χ2v) is 8.46. The molecule has 0 spiro atoms. The molecule has 0 bridgehead atoms. The smallest absolute Gasteiger partial charge is 0.224 e.